The Labute approximate surface area is 154 Å². The number of pyridine rings is 1. The van der Waals surface area contributed by atoms with E-state index in [1.807, 2.05) is 0 Å². The Kier molecular flexibility index (Phi) is 4.22. The molecule has 0 aliphatic carbocycles. The number of halogens is 3. The summed E-state index contributed by atoms with van der Waals surface area (Å²) in [6, 6.07) is 8.73. The number of carbonyl (C=O) groups is 1. The third kappa shape index (κ3) is 3.26. The minimum absolute atomic E-state index is 0.101. The van der Waals surface area contributed by atoms with Crippen LogP contribution in [0.4, 0.5) is 13.2 Å². The summed E-state index contributed by atoms with van der Waals surface area (Å²) in [7, 11) is 0. The van der Waals surface area contributed by atoms with Crippen molar-refractivity contribution in [3.63, 3.8) is 0 Å². The largest absolute Gasteiger partial charge is 0.420 e. The van der Waals surface area contributed by atoms with E-state index < -0.39 is 17.6 Å². The topological polar surface area (TPSA) is 103 Å². The minimum Gasteiger partial charge on any atom is -0.345 e. The summed E-state index contributed by atoms with van der Waals surface area (Å²) < 4.78 is 41.7. The average Bonchev–Trinajstić information content (AvgIpc) is 3.35. The zero-order valence-corrected chi connectivity index (χ0v) is 14.0. The molecule has 0 spiro atoms. The quantitative estimate of drug-likeness (QED) is 0.570. The molecule has 0 bridgehead atoms. The maximum atomic E-state index is 13.1. The molecule has 3 heterocycles. The first kappa shape index (κ1) is 17.6. The highest BCUT2D eigenvalue weighted by Crippen LogP contribution is 2.31. The van der Waals surface area contributed by atoms with Gasteiger partial charge in [0.1, 0.15) is 11.9 Å². The molecule has 9 nitrogen and oxygen atoms in total. The van der Waals surface area contributed by atoms with Crippen molar-refractivity contribution in [1.82, 2.24) is 40.1 Å². The zero-order valence-electron chi connectivity index (χ0n) is 14.0. The Morgan fingerprint density at radius 3 is 2.75 bits per heavy atom. The molecule has 1 N–H and O–H groups in total. The third-order valence-corrected chi connectivity index (χ3v) is 3.94. The van der Waals surface area contributed by atoms with Crippen molar-refractivity contribution in [2.45, 2.75) is 12.7 Å². The fourth-order valence-corrected chi connectivity index (χ4v) is 2.64. The van der Waals surface area contributed by atoms with Gasteiger partial charge in [-0.25, -0.2) is 4.68 Å². The van der Waals surface area contributed by atoms with E-state index in [1.165, 1.54) is 27.7 Å². The second-order valence-electron chi connectivity index (χ2n) is 5.72. The lowest BCUT2D eigenvalue weighted by Gasteiger charge is -2.08. The molecule has 0 saturated carbocycles. The molecule has 4 aromatic rings. The average molecular weight is 388 g/mol. The molecule has 1 aromatic carbocycles. The number of nitrogens with one attached hydrogen (secondary N) is 1. The first-order valence-corrected chi connectivity index (χ1v) is 7.95. The number of nitrogens with zero attached hydrogens (tertiary/aromatic N) is 7. The van der Waals surface area contributed by atoms with Gasteiger partial charge in [0.2, 0.25) is 0 Å². The zero-order chi connectivity index (χ0) is 19.7. The van der Waals surface area contributed by atoms with Crippen LogP contribution in [0.25, 0.3) is 11.3 Å². The molecule has 4 rings (SSSR count). The first-order chi connectivity index (χ1) is 13.4. The van der Waals surface area contributed by atoms with E-state index in [1.54, 1.807) is 24.3 Å². The smallest absolute Gasteiger partial charge is 0.345 e. The highest BCUT2D eigenvalue weighted by atomic mass is 19.4. The van der Waals surface area contributed by atoms with Crippen molar-refractivity contribution in [1.29, 1.82) is 0 Å². The summed E-state index contributed by atoms with van der Waals surface area (Å²) in [6.45, 7) is -0.101. The number of carbonyl (C=O) groups excluding carboxylic acids is 1. The van der Waals surface area contributed by atoms with Crippen molar-refractivity contribution < 1.29 is 18.0 Å². The predicted molar refractivity (Wildman–Crippen MR) is 88.3 cm³/mol. The fourth-order valence-electron chi connectivity index (χ4n) is 2.64. The van der Waals surface area contributed by atoms with E-state index in [9.17, 15) is 18.0 Å². The molecule has 0 atom stereocenters. The van der Waals surface area contributed by atoms with Gasteiger partial charge in [-0.2, -0.15) is 13.2 Å². The number of aromatic nitrogens is 7. The normalized spacial score (nSPS) is 11.7. The number of hydrogen-bond donors (Lipinski definition) is 1. The van der Waals surface area contributed by atoms with Gasteiger partial charge in [0.15, 0.2) is 11.5 Å². The highest BCUT2D eigenvalue weighted by Gasteiger charge is 2.34. The second kappa shape index (κ2) is 6.72. The van der Waals surface area contributed by atoms with Gasteiger partial charge in [-0.1, -0.05) is 6.07 Å². The Hall–Kier alpha value is -3.83. The maximum absolute atomic E-state index is 13.1. The maximum Gasteiger partial charge on any atom is 0.420 e. The summed E-state index contributed by atoms with van der Waals surface area (Å²) in [5.41, 5.74) is -0.299. The fraction of sp³-hybridized carbons (Fsp3) is 0.125. The lowest BCUT2D eigenvalue weighted by molar-refractivity contribution is -0.136. The summed E-state index contributed by atoms with van der Waals surface area (Å²) >= 11 is 0. The molecule has 28 heavy (non-hydrogen) atoms. The van der Waals surface area contributed by atoms with Gasteiger partial charge in [0.05, 0.1) is 12.2 Å². The lowest BCUT2D eigenvalue weighted by Crippen LogP contribution is -2.24. The van der Waals surface area contributed by atoms with Gasteiger partial charge < -0.3 is 5.32 Å². The Balaban J connectivity index is 1.54. The van der Waals surface area contributed by atoms with Crippen LogP contribution in [0.5, 0.6) is 0 Å². The van der Waals surface area contributed by atoms with Crippen LogP contribution in [0.15, 0.2) is 48.9 Å². The van der Waals surface area contributed by atoms with Crippen LogP contribution in [0.1, 0.15) is 21.7 Å². The van der Waals surface area contributed by atoms with Crippen molar-refractivity contribution in [3.05, 3.63) is 65.9 Å². The summed E-state index contributed by atoms with van der Waals surface area (Å²) in [5.74, 6) is -0.260. The van der Waals surface area contributed by atoms with Crippen molar-refractivity contribution in [2.75, 3.05) is 0 Å². The molecule has 142 valence electrons. The summed E-state index contributed by atoms with van der Waals surface area (Å²) in [5, 5.41) is 20.8. The van der Waals surface area contributed by atoms with Crippen LogP contribution in [0, 0.1) is 0 Å². The number of tetrazole rings is 1. The van der Waals surface area contributed by atoms with Crippen LogP contribution in [-0.2, 0) is 12.7 Å². The van der Waals surface area contributed by atoms with E-state index in [4.69, 9.17) is 0 Å². The molecular formula is C16H11F3N8O. The molecular weight excluding hydrogens is 377 g/mol. The van der Waals surface area contributed by atoms with Crippen LogP contribution in [0.3, 0.4) is 0 Å². The van der Waals surface area contributed by atoms with Gasteiger partial charge in [-0.15, -0.1) is 15.3 Å². The minimum atomic E-state index is -4.55. The number of amides is 1. The number of alkyl halides is 3. The number of hydrogen-bond acceptors (Lipinski definition) is 6. The molecule has 0 radical (unpaired) electrons. The number of rotatable bonds is 4. The molecule has 0 fully saturated rings. The van der Waals surface area contributed by atoms with E-state index in [0.717, 1.165) is 6.07 Å². The second-order valence-corrected chi connectivity index (χ2v) is 5.72. The monoisotopic (exact) mass is 388 g/mol. The molecule has 3 aromatic heterocycles. The molecule has 0 aliphatic heterocycles. The van der Waals surface area contributed by atoms with Gasteiger partial charge >= 0.3 is 6.18 Å². The summed E-state index contributed by atoms with van der Waals surface area (Å²) in [6.07, 6.45) is -1.76. The van der Waals surface area contributed by atoms with E-state index in [0.29, 0.717) is 11.3 Å². The van der Waals surface area contributed by atoms with Crippen LogP contribution in [0.2, 0.25) is 0 Å². The lowest BCUT2D eigenvalue weighted by atomic mass is 10.2. The SMILES string of the molecule is O=C(NCc1nnc2c(C(F)(F)F)cccn12)c1cccc(-n2cnnn2)c1. The summed E-state index contributed by atoms with van der Waals surface area (Å²) in [4.78, 5) is 12.4. The Morgan fingerprint density at radius 1 is 1.14 bits per heavy atom. The van der Waals surface area contributed by atoms with Gasteiger partial charge in [-0.3, -0.25) is 9.20 Å². The number of benzene rings is 1. The molecule has 0 unspecified atom stereocenters. The van der Waals surface area contributed by atoms with Crippen molar-refractivity contribution in [3.8, 4) is 5.69 Å². The molecule has 12 heteroatoms. The first-order valence-electron chi connectivity index (χ1n) is 7.95. The van der Waals surface area contributed by atoms with Gasteiger partial charge in [0.25, 0.3) is 5.91 Å². The predicted octanol–water partition coefficient (Wildman–Crippen LogP) is 1.65. The number of fused-ring (bicyclic) bond motifs is 1. The van der Waals surface area contributed by atoms with Crippen LogP contribution >= 0.6 is 0 Å². The Bertz CT molecular complexity index is 1140. The molecule has 0 aliphatic rings. The third-order valence-electron chi connectivity index (χ3n) is 3.94. The van der Waals surface area contributed by atoms with Crippen molar-refractivity contribution >= 4 is 11.6 Å². The van der Waals surface area contributed by atoms with Crippen molar-refractivity contribution in [2.24, 2.45) is 0 Å². The van der Waals surface area contributed by atoms with E-state index in [-0.39, 0.29) is 18.0 Å². The standard InChI is InChI=1S/C16H11F3N8O/c17-16(18,19)12-5-2-6-26-13(22-23-14(12)26)8-20-15(28)10-3-1-4-11(7-10)27-9-21-24-25-27/h1-7,9H,8H2,(H,20,28). The molecule has 0 saturated heterocycles. The van der Waals surface area contributed by atoms with E-state index in [2.05, 4.69) is 31.0 Å². The van der Waals surface area contributed by atoms with Crippen LogP contribution < -0.4 is 5.32 Å². The van der Waals surface area contributed by atoms with Crippen LogP contribution in [-0.4, -0.2) is 40.7 Å². The van der Waals surface area contributed by atoms with E-state index >= 15 is 0 Å². The Morgan fingerprint density at radius 2 is 2.00 bits per heavy atom. The van der Waals surface area contributed by atoms with Gasteiger partial charge in [0, 0.05) is 11.8 Å². The van der Waals surface area contributed by atoms with Gasteiger partial charge in [-0.05, 0) is 40.8 Å². The highest BCUT2D eigenvalue weighted by molar-refractivity contribution is 5.94. The molecule has 1 amide bonds.